The highest BCUT2D eigenvalue weighted by molar-refractivity contribution is 7.89. The molecule has 1 saturated carbocycles. The van der Waals surface area contributed by atoms with Crippen molar-refractivity contribution in [2.24, 2.45) is 5.14 Å². The zero-order valence-corrected chi connectivity index (χ0v) is 17.9. The van der Waals surface area contributed by atoms with Gasteiger partial charge < -0.3 is 4.57 Å². The van der Waals surface area contributed by atoms with Gasteiger partial charge in [0.05, 0.1) is 22.5 Å². The van der Waals surface area contributed by atoms with Gasteiger partial charge in [0.15, 0.2) is 0 Å². The van der Waals surface area contributed by atoms with E-state index in [1.807, 2.05) is 12.1 Å². The van der Waals surface area contributed by atoms with Crippen molar-refractivity contribution in [2.45, 2.75) is 63.2 Å². The Morgan fingerprint density at radius 3 is 2.53 bits per heavy atom. The Labute approximate surface area is 176 Å². The number of fused-ring (bicyclic) bond motifs is 1. The average molecular weight is 431 g/mol. The van der Waals surface area contributed by atoms with Crippen molar-refractivity contribution < 1.29 is 12.8 Å². The van der Waals surface area contributed by atoms with E-state index in [-0.39, 0.29) is 10.7 Å². The number of nitrogens with zero attached hydrogens (tertiary/aromatic N) is 3. The first kappa shape index (κ1) is 21.0. The molecule has 0 aliphatic heterocycles. The molecule has 3 aromatic rings. The van der Waals surface area contributed by atoms with Gasteiger partial charge in [-0.2, -0.15) is 0 Å². The molecule has 1 aliphatic carbocycles. The Balaban J connectivity index is 1.67. The molecule has 0 radical (unpaired) electrons. The third kappa shape index (κ3) is 4.71. The number of aromatic nitrogens is 2. The van der Waals surface area contributed by atoms with Crippen molar-refractivity contribution in [3.8, 4) is 0 Å². The van der Waals surface area contributed by atoms with Crippen molar-refractivity contribution in [1.82, 2.24) is 14.5 Å². The number of hydrogen-bond acceptors (Lipinski definition) is 4. The number of rotatable bonds is 9. The Kier molecular flexibility index (Phi) is 5.90. The van der Waals surface area contributed by atoms with Gasteiger partial charge in [0.25, 0.3) is 0 Å². The number of sulfonamides is 1. The molecule has 1 aromatic heterocycles. The Morgan fingerprint density at radius 1 is 1.17 bits per heavy atom. The molecule has 8 heteroatoms. The van der Waals surface area contributed by atoms with Crippen LogP contribution in [0.25, 0.3) is 11.0 Å². The number of hydrogen-bond donors (Lipinski definition) is 1. The molecular weight excluding hydrogens is 403 g/mol. The lowest BCUT2D eigenvalue weighted by Gasteiger charge is -2.22. The topological polar surface area (TPSA) is 81.2 Å². The second-order valence-electron chi connectivity index (χ2n) is 7.99. The van der Waals surface area contributed by atoms with Gasteiger partial charge in [-0.25, -0.2) is 22.9 Å². The van der Waals surface area contributed by atoms with Crippen LogP contribution in [0.4, 0.5) is 4.39 Å². The quantitative estimate of drug-likeness (QED) is 0.560. The summed E-state index contributed by atoms with van der Waals surface area (Å²) in [5.74, 6) is 0.683. The molecule has 4 rings (SSSR count). The fourth-order valence-corrected chi connectivity index (χ4v) is 4.32. The summed E-state index contributed by atoms with van der Waals surface area (Å²) in [7, 11) is -3.78. The van der Waals surface area contributed by atoms with Crippen LogP contribution in [0, 0.1) is 5.82 Å². The number of unbranched alkanes of at least 4 members (excludes halogenated alkanes) is 1. The van der Waals surface area contributed by atoms with E-state index < -0.39 is 10.0 Å². The molecule has 30 heavy (non-hydrogen) atoms. The molecular formula is C22H27FN4O2S. The zero-order chi connectivity index (χ0) is 21.3. The van der Waals surface area contributed by atoms with Crippen molar-refractivity contribution in [3.05, 3.63) is 59.7 Å². The molecule has 1 fully saturated rings. The maximum Gasteiger partial charge on any atom is 0.238 e. The second kappa shape index (κ2) is 8.45. The smallest absolute Gasteiger partial charge is 0.238 e. The monoisotopic (exact) mass is 430 g/mol. The van der Waals surface area contributed by atoms with E-state index >= 15 is 0 Å². The highest BCUT2D eigenvalue weighted by Crippen LogP contribution is 2.31. The van der Waals surface area contributed by atoms with E-state index in [1.54, 1.807) is 18.2 Å². The molecule has 2 aromatic carbocycles. The first-order valence-corrected chi connectivity index (χ1v) is 11.9. The Hall–Kier alpha value is -2.29. The highest BCUT2D eigenvalue weighted by Gasteiger charge is 2.30. The van der Waals surface area contributed by atoms with Crippen LogP contribution in [0.1, 0.15) is 44.0 Å². The summed E-state index contributed by atoms with van der Waals surface area (Å²) in [6.45, 7) is 4.35. The lowest BCUT2D eigenvalue weighted by molar-refractivity contribution is 0.236. The van der Waals surface area contributed by atoms with E-state index in [0.717, 1.165) is 55.7 Å². The summed E-state index contributed by atoms with van der Waals surface area (Å²) in [6, 6.07) is 12.0. The van der Waals surface area contributed by atoms with Crippen LogP contribution in [0.2, 0.25) is 0 Å². The van der Waals surface area contributed by atoms with Crippen molar-refractivity contribution in [1.29, 1.82) is 0 Å². The molecule has 0 unspecified atom stereocenters. The number of nitrogens with two attached hydrogens (primary N) is 1. The highest BCUT2D eigenvalue weighted by atomic mass is 32.2. The standard InChI is InChI=1S/C22H27FN4O2S/c1-2-3-12-27-21-11-10-19(30(24,28)29)13-20(21)25-22(27)15-26(18-8-9-18)14-16-4-6-17(23)7-5-16/h4-7,10-11,13,18H,2-3,8-9,12,14-15H2,1H3,(H2,24,28,29). The van der Waals surface area contributed by atoms with Crippen LogP contribution in [0.3, 0.4) is 0 Å². The van der Waals surface area contributed by atoms with Gasteiger partial charge in [-0.3, -0.25) is 4.90 Å². The molecule has 6 nitrogen and oxygen atoms in total. The van der Waals surface area contributed by atoms with E-state index in [4.69, 9.17) is 10.1 Å². The van der Waals surface area contributed by atoms with Crippen LogP contribution >= 0.6 is 0 Å². The lowest BCUT2D eigenvalue weighted by Crippen LogP contribution is -2.27. The summed E-state index contributed by atoms with van der Waals surface area (Å²) >= 11 is 0. The molecule has 0 spiro atoms. The second-order valence-corrected chi connectivity index (χ2v) is 9.55. The maximum atomic E-state index is 13.3. The van der Waals surface area contributed by atoms with Crippen LogP contribution < -0.4 is 5.14 Å². The predicted octanol–water partition coefficient (Wildman–Crippen LogP) is 3.79. The number of benzene rings is 2. The van der Waals surface area contributed by atoms with E-state index in [0.29, 0.717) is 18.1 Å². The predicted molar refractivity (Wildman–Crippen MR) is 115 cm³/mol. The molecule has 0 atom stereocenters. The molecule has 0 amide bonds. The third-order valence-electron chi connectivity index (χ3n) is 5.57. The SMILES string of the molecule is CCCCn1c(CN(Cc2ccc(F)cc2)C2CC2)nc2cc(S(N)(=O)=O)ccc21. The average Bonchev–Trinajstić information content (AvgIpc) is 3.49. The summed E-state index contributed by atoms with van der Waals surface area (Å²) < 4.78 is 39.0. The van der Waals surface area contributed by atoms with Gasteiger partial charge in [0.1, 0.15) is 11.6 Å². The minimum absolute atomic E-state index is 0.0760. The first-order valence-electron chi connectivity index (χ1n) is 10.4. The Morgan fingerprint density at radius 2 is 1.90 bits per heavy atom. The number of imidazole rings is 1. The maximum absolute atomic E-state index is 13.3. The van der Waals surface area contributed by atoms with E-state index in [1.165, 1.54) is 12.1 Å². The van der Waals surface area contributed by atoms with E-state index in [2.05, 4.69) is 16.4 Å². The van der Waals surface area contributed by atoms with Crippen molar-refractivity contribution >= 4 is 21.1 Å². The molecule has 0 bridgehead atoms. The molecule has 1 heterocycles. The lowest BCUT2D eigenvalue weighted by atomic mass is 10.2. The van der Waals surface area contributed by atoms with Gasteiger partial charge >= 0.3 is 0 Å². The first-order chi connectivity index (χ1) is 14.3. The number of halogens is 1. The summed E-state index contributed by atoms with van der Waals surface area (Å²) in [6.07, 6.45) is 4.35. The molecule has 0 saturated heterocycles. The van der Waals surface area contributed by atoms with Crippen LogP contribution in [-0.2, 0) is 29.7 Å². The van der Waals surface area contributed by atoms with Crippen LogP contribution in [0.15, 0.2) is 47.4 Å². The van der Waals surface area contributed by atoms with Gasteiger partial charge in [-0.15, -0.1) is 0 Å². The van der Waals surface area contributed by atoms with Gasteiger partial charge in [0.2, 0.25) is 10.0 Å². The Bertz CT molecular complexity index is 1140. The summed E-state index contributed by atoms with van der Waals surface area (Å²) in [4.78, 5) is 7.24. The molecule has 160 valence electrons. The van der Waals surface area contributed by atoms with Crippen molar-refractivity contribution in [3.63, 3.8) is 0 Å². The summed E-state index contributed by atoms with van der Waals surface area (Å²) in [5, 5.41) is 5.30. The largest absolute Gasteiger partial charge is 0.327 e. The summed E-state index contributed by atoms with van der Waals surface area (Å²) in [5.41, 5.74) is 2.63. The molecule has 1 aliphatic rings. The normalized spacial score (nSPS) is 14.7. The molecule has 2 N–H and O–H groups in total. The fourth-order valence-electron chi connectivity index (χ4n) is 3.78. The number of primary sulfonamides is 1. The van der Waals surface area contributed by atoms with Crippen LogP contribution in [-0.4, -0.2) is 28.9 Å². The van der Waals surface area contributed by atoms with Crippen molar-refractivity contribution in [2.75, 3.05) is 0 Å². The minimum atomic E-state index is -3.78. The third-order valence-corrected chi connectivity index (χ3v) is 6.48. The number of aryl methyl sites for hydroxylation is 1. The zero-order valence-electron chi connectivity index (χ0n) is 17.1. The van der Waals surface area contributed by atoms with Gasteiger partial charge in [0, 0.05) is 19.1 Å². The van der Waals surface area contributed by atoms with Gasteiger partial charge in [-0.05, 0) is 55.2 Å². The fraction of sp³-hybridized carbons (Fsp3) is 0.409. The van der Waals surface area contributed by atoms with E-state index in [9.17, 15) is 12.8 Å². The van der Waals surface area contributed by atoms with Gasteiger partial charge in [-0.1, -0.05) is 25.5 Å². The van der Waals surface area contributed by atoms with Crippen LogP contribution in [0.5, 0.6) is 0 Å². The minimum Gasteiger partial charge on any atom is -0.327 e.